The molecule has 5 nitrogen and oxygen atoms in total. The molecule has 0 spiro atoms. The van der Waals surface area contributed by atoms with Gasteiger partial charge in [0.2, 0.25) is 0 Å². The van der Waals surface area contributed by atoms with Gasteiger partial charge in [0.05, 0.1) is 46.0 Å². The zero-order chi connectivity index (χ0) is 33.8. The second-order valence-electron chi connectivity index (χ2n) is 13.1. The predicted octanol–water partition coefficient (Wildman–Crippen LogP) is 10.5. The topological polar surface area (TPSA) is 81.2 Å². The summed E-state index contributed by atoms with van der Waals surface area (Å²) in [6.07, 6.45) is 13.8. The highest BCUT2D eigenvalue weighted by Crippen LogP contribution is 2.43. The van der Waals surface area contributed by atoms with Crippen LogP contribution < -0.4 is 0 Å². The number of aromatic nitrogens is 2. The summed E-state index contributed by atoms with van der Waals surface area (Å²) in [5.41, 5.74) is 15.4. The molecule has 2 heterocycles. The van der Waals surface area contributed by atoms with E-state index in [1.165, 1.54) is 11.3 Å². The average Bonchev–Trinajstić information content (AvgIpc) is 3.70. The molecule has 236 valence electrons. The fourth-order valence-electron chi connectivity index (χ4n) is 8.29. The highest BCUT2D eigenvalue weighted by Gasteiger charge is 2.28. The van der Waals surface area contributed by atoms with E-state index in [1.807, 2.05) is 18.2 Å². The van der Waals surface area contributed by atoms with E-state index in [4.69, 9.17) is 0 Å². The minimum Gasteiger partial charge on any atom is -0.316 e. The van der Waals surface area contributed by atoms with Crippen molar-refractivity contribution in [3.63, 3.8) is 0 Å². The van der Waals surface area contributed by atoms with E-state index < -0.39 is 0 Å². The average molecular weight is 642 g/mol. The molecule has 3 aliphatic rings. The Morgan fingerprint density at radius 3 is 2.06 bits per heavy atom. The molecule has 0 saturated heterocycles. The fourth-order valence-corrected chi connectivity index (χ4v) is 8.29. The van der Waals surface area contributed by atoms with Gasteiger partial charge in [0.1, 0.15) is 0 Å². The third-order valence-corrected chi connectivity index (χ3v) is 10.5. The van der Waals surface area contributed by atoms with Crippen LogP contribution in [0.5, 0.6) is 0 Å². The molecule has 0 fully saturated rings. The first kappa shape index (κ1) is 29.5. The van der Waals surface area contributed by atoms with Gasteiger partial charge < -0.3 is 9.13 Å². The second kappa shape index (κ2) is 11.8. The van der Waals surface area contributed by atoms with Crippen molar-refractivity contribution in [2.75, 3.05) is 0 Å². The van der Waals surface area contributed by atoms with Crippen molar-refractivity contribution in [1.29, 1.82) is 15.8 Å². The van der Waals surface area contributed by atoms with Crippen molar-refractivity contribution in [3.05, 3.63) is 148 Å². The van der Waals surface area contributed by atoms with E-state index in [9.17, 15) is 15.8 Å². The van der Waals surface area contributed by atoms with Gasteiger partial charge >= 0.3 is 0 Å². The molecule has 4 aromatic carbocycles. The summed E-state index contributed by atoms with van der Waals surface area (Å²) < 4.78 is 4.65. The maximum absolute atomic E-state index is 10.3. The molecule has 0 atom stereocenters. The van der Waals surface area contributed by atoms with Gasteiger partial charge in [-0.3, -0.25) is 0 Å². The first-order valence-electron chi connectivity index (χ1n) is 17.2. The molecule has 0 saturated carbocycles. The summed E-state index contributed by atoms with van der Waals surface area (Å²) in [7, 11) is 0. The molecule has 0 unspecified atom stereocenters. The Kier molecular flexibility index (Phi) is 6.98. The number of nitrogens with zero attached hydrogens (tertiary/aromatic N) is 5. The Hall–Kier alpha value is -6.61. The van der Waals surface area contributed by atoms with Crippen LogP contribution in [0.2, 0.25) is 0 Å². The monoisotopic (exact) mass is 641 g/mol. The minimum absolute atomic E-state index is 0.686. The lowest BCUT2D eigenvalue weighted by Crippen LogP contribution is -2.11. The normalized spacial score (nSPS) is 15.1. The first-order valence-corrected chi connectivity index (χ1v) is 17.2. The number of hydrogen-bond acceptors (Lipinski definition) is 3. The van der Waals surface area contributed by atoms with Crippen LogP contribution >= 0.6 is 0 Å². The molecule has 6 aromatic rings. The van der Waals surface area contributed by atoms with Crippen LogP contribution in [0.15, 0.2) is 115 Å². The summed E-state index contributed by atoms with van der Waals surface area (Å²) in [4.78, 5) is 0. The quantitative estimate of drug-likeness (QED) is 0.192. The smallest absolute Gasteiger partial charge is 0.0995 e. The maximum atomic E-state index is 10.3. The number of nitriles is 3. The SMILES string of the molecule is N#CC1=CCCC(n2c3c(c4ccccc42)C(C#N)=CCC3)=C1c1ccc(-c2ccc(-n3c4c(c5cc(C#N)ccc53)CCC=C4)cc2)cc1. The van der Waals surface area contributed by atoms with Crippen molar-refractivity contribution in [2.45, 2.75) is 38.5 Å². The van der Waals surface area contributed by atoms with Crippen molar-refractivity contribution >= 4 is 44.7 Å². The number of hydrogen-bond donors (Lipinski definition) is 0. The Balaban J connectivity index is 1.12. The third kappa shape index (κ3) is 4.51. The van der Waals surface area contributed by atoms with Gasteiger partial charge in [-0.2, -0.15) is 15.8 Å². The molecule has 0 amide bonds. The summed E-state index contributed by atoms with van der Waals surface area (Å²) in [6, 6.07) is 38.8. The second-order valence-corrected chi connectivity index (χ2v) is 13.1. The summed E-state index contributed by atoms with van der Waals surface area (Å²) >= 11 is 0. The van der Waals surface area contributed by atoms with Gasteiger partial charge in [0, 0.05) is 44.7 Å². The van der Waals surface area contributed by atoms with Crippen LogP contribution in [0.25, 0.3) is 61.5 Å². The van der Waals surface area contributed by atoms with Crippen molar-refractivity contribution in [2.24, 2.45) is 0 Å². The number of para-hydroxylation sites is 1. The van der Waals surface area contributed by atoms with Crippen LogP contribution in [0.1, 0.15) is 59.3 Å². The lowest BCUT2D eigenvalue weighted by atomic mass is 9.88. The Bertz CT molecular complexity index is 2650. The molecule has 0 N–H and O–H groups in total. The number of benzene rings is 4. The molecule has 9 rings (SSSR count). The van der Waals surface area contributed by atoms with Gasteiger partial charge in [-0.15, -0.1) is 0 Å². The molecule has 0 bridgehead atoms. The van der Waals surface area contributed by atoms with E-state index in [0.29, 0.717) is 11.1 Å². The van der Waals surface area contributed by atoms with E-state index in [1.54, 1.807) is 0 Å². The molecule has 50 heavy (non-hydrogen) atoms. The lowest BCUT2D eigenvalue weighted by Gasteiger charge is -2.24. The van der Waals surface area contributed by atoms with Crippen LogP contribution in [-0.4, -0.2) is 9.13 Å². The van der Waals surface area contributed by atoms with Crippen LogP contribution in [-0.2, 0) is 12.8 Å². The van der Waals surface area contributed by atoms with E-state index in [2.05, 4.69) is 124 Å². The Labute approximate surface area is 290 Å². The zero-order valence-electron chi connectivity index (χ0n) is 27.4. The summed E-state index contributed by atoms with van der Waals surface area (Å²) in [5, 5.41) is 32.1. The molecular weight excluding hydrogens is 611 g/mol. The van der Waals surface area contributed by atoms with Crippen molar-refractivity contribution in [1.82, 2.24) is 9.13 Å². The largest absolute Gasteiger partial charge is 0.316 e. The highest BCUT2D eigenvalue weighted by atomic mass is 15.0. The molecule has 2 aromatic heterocycles. The van der Waals surface area contributed by atoms with Crippen molar-refractivity contribution in [3.8, 4) is 35.0 Å². The fraction of sp³-hybridized carbons (Fsp3) is 0.133. The zero-order valence-corrected chi connectivity index (χ0v) is 27.4. The minimum atomic E-state index is 0.686. The van der Waals surface area contributed by atoms with Crippen LogP contribution in [0.4, 0.5) is 0 Å². The van der Waals surface area contributed by atoms with Gasteiger partial charge in [-0.1, -0.05) is 72.8 Å². The lowest BCUT2D eigenvalue weighted by molar-refractivity contribution is 0.861. The number of fused-ring (bicyclic) bond motifs is 6. The molecule has 0 aliphatic heterocycles. The van der Waals surface area contributed by atoms with Gasteiger partial charge in [-0.25, -0.2) is 0 Å². The molecular formula is C45H31N5. The third-order valence-electron chi connectivity index (χ3n) is 10.5. The van der Waals surface area contributed by atoms with Crippen LogP contribution in [0, 0.1) is 34.0 Å². The standard InChI is InChI=1S/C45H31N5/c46-26-29-15-24-41-38(25-29)36-9-1-3-11-39(36)49(41)35-22-20-31(21-23-35)30-16-18-32(19-17-30)44-33(27-47)7-5-13-42(44)50-40-12-4-2-10-37(40)45-34(28-48)8-6-14-43(45)50/h2-4,7-8,10-12,15-25H,1,5-6,9,13-14H2. The maximum Gasteiger partial charge on any atom is 0.0995 e. The summed E-state index contributed by atoms with van der Waals surface area (Å²) in [6.45, 7) is 0. The Morgan fingerprint density at radius 2 is 1.28 bits per heavy atom. The van der Waals surface area contributed by atoms with E-state index >= 15 is 0 Å². The number of allylic oxidation sites excluding steroid dienone is 7. The molecule has 0 radical (unpaired) electrons. The van der Waals surface area contributed by atoms with E-state index in [-0.39, 0.29) is 0 Å². The first-order chi connectivity index (χ1) is 24.7. The van der Waals surface area contributed by atoms with Gasteiger partial charge in [0.25, 0.3) is 0 Å². The van der Waals surface area contributed by atoms with E-state index in [0.717, 1.165) is 111 Å². The summed E-state index contributed by atoms with van der Waals surface area (Å²) in [5.74, 6) is 0. The predicted molar refractivity (Wildman–Crippen MR) is 201 cm³/mol. The molecule has 5 heteroatoms. The highest BCUT2D eigenvalue weighted by molar-refractivity contribution is 6.04. The van der Waals surface area contributed by atoms with Gasteiger partial charge in [-0.05, 0) is 103 Å². The number of rotatable bonds is 4. The van der Waals surface area contributed by atoms with Crippen molar-refractivity contribution < 1.29 is 0 Å². The van der Waals surface area contributed by atoms with Crippen LogP contribution in [0.3, 0.4) is 0 Å². The Morgan fingerprint density at radius 1 is 0.580 bits per heavy atom. The van der Waals surface area contributed by atoms with Gasteiger partial charge in [0.15, 0.2) is 0 Å². The molecule has 3 aliphatic carbocycles. The number of aryl methyl sites for hydroxylation is 1.